The topological polar surface area (TPSA) is 67.2 Å². The summed E-state index contributed by atoms with van der Waals surface area (Å²) < 4.78 is 0. The fourth-order valence-corrected chi connectivity index (χ4v) is 0.851. The van der Waals surface area contributed by atoms with Gasteiger partial charge in [-0.15, -0.1) is 9.94 Å². The molecule has 0 radical (unpaired) electrons. The first-order chi connectivity index (χ1) is 5.72. The van der Waals surface area contributed by atoms with Crippen LogP contribution in [0.2, 0.25) is 0 Å². The summed E-state index contributed by atoms with van der Waals surface area (Å²) >= 11 is 0. The molecule has 1 rings (SSSR count). The molecule has 1 aromatic rings. The molecule has 1 amide bonds. The maximum Gasteiger partial charge on any atom is 0.220 e. The second-order valence-corrected chi connectivity index (χ2v) is 2.40. The Morgan fingerprint density at radius 2 is 2.58 bits per heavy atom. The molecule has 1 aromatic heterocycles. The van der Waals surface area contributed by atoms with Gasteiger partial charge in [0, 0.05) is 19.9 Å². The fourth-order valence-electron chi connectivity index (χ4n) is 0.851. The van der Waals surface area contributed by atoms with Crippen LogP contribution < -0.4 is 5.32 Å². The number of rotatable bonds is 3. The van der Waals surface area contributed by atoms with E-state index in [1.54, 1.807) is 13.1 Å². The molecular formula is C7H11N3O2. The molecule has 0 fully saturated rings. The summed E-state index contributed by atoms with van der Waals surface area (Å²) in [5.41, 5.74) is 0.709. The van der Waals surface area contributed by atoms with Crippen LogP contribution in [0.4, 0.5) is 0 Å². The van der Waals surface area contributed by atoms with Crippen LogP contribution in [-0.4, -0.2) is 28.1 Å². The van der Waals surface area contributed by atoms with Crippen molar-refractivity contribution >= 4 is 5.91 Å². The van der Waals surface area contributed by atoms with E-state index in [9.17, 15) is 4.79 Å². The minimum absolute atomic E-state index is 0.0255. The van der Waals surface area contributed by atoms with Crippen LogP contribution in [0, 0.1) is 0 Å². The minimum atomic E-state index is -0.0255. The van der Waals surface area contributed by atoms with Crippen LogP contribution >= 0.6 is 0 Å². The van der Waals surface area contributed by atoms with E-state index < -0.39 is 0 Å². The summed E-state index contributed by atoms with van der Waals surface area (Å²) in [7, 11) is 1.59. The van der Waals surface area contributed by atoms with Gasteiger partial charge in [-0.2, -0.15) is 0 Å². The molecule has 0 aliphatic rings. The summed E-state index contributed by atoms with van der Waals surface area (Å²) in [6.07, 6.45) is 2.37. The molecule has 0 saturated carbocycles. The number of nitrogens with one attached hydrogen (secondary N) is 1. The van der Waals surface area contributed by atoms with E-state index in [0.29, 0.717) is 18.5 Å². The number of hydrogen-bond acceptors (Lipinski definition) is 3. The van der Waals surface area contributed by atoms with Gasteiger partial charge in [-0.3, -0.25) is 4.79 Å². The van der Waals surface area contributed by atoms with Crippen LogP contribution in [0.1, 0.15) is 12.1 Å². The first-order valence-electron chi connectivity index (χ1n) is 3.67. The highest BCUT2D eigenvalue weighted by molar-refractivity contribution is 5.75. The number of carbonyl (C=O) groups excluding carboxylic acids is 1. The summed E-state index contributed by atoms with van der Waals surface area (Å²) in [4.78, 5) is 11.5. The molecule has 2 N–H and O–H groups in total. The number of aryl methyl sites for hydroxylation is 1. The maximum atomic E-state index is 10.8. The number of aromatic nitrogens is 2. The monoisotopic (exact) mass is 169 g/mol. The Balaban J connectivity index is 2.38. The number of nitrogens with zero attached hydrogens (tertiary/aromatic N) is 2. The molecule has 0 atom stereocenters. The van der Waals surface area contributed by atoms with Gasteiger partial charge in [-0.05, 0) is 6.07 Å². The summed E-state index contributed by atoms with van der Waals surface area (Å²) in [5, 5.41) is 15.0. The molecule has 0 saturated heterocycles. The van der Waals surface area contributed by atoms with E-state index in [-0.39, 0.29) is 5.91 Å². The second kappa shape index (κ2) is 3.75. The number of amides is 1. The molecule has 0 bridgehead atoms. The van der Waals surface area contributed by atoms with Gasteiger partial charge in [0.05, 0.1) is 11.9 Å². The zero-order valence-electron chi connectivity index (χ0n) is 6.82. The predicted molar refractivity (Wildman–Crippen MR) is 41.8 cm³/mol. The fraction of sp³-hybridized carbons (Fsp3) is 0.429. The van der Waals surface area contributed by atoms with Gasteiger partial charge in [0.15, 0.2) is 0 Å². The lowest BCUT2D eigenvalue weighted by molar-refractivity contribution is -0.120. The first kappa shape index (κ1) is 8.58. The molecule has 0 aliphatic heterocycles. The van der Waals surface area contributed by atoms with Crippen LogP contribution in [-0.2, 0) is 11.2 Å². The van der Waals surface area contributed by atoms with Gasteiger partial charge < -0.3 is 10.5 Å². The molecule has 0 unspecified atom stereocenters. The van der Waals surface area contributed by atoms with E-state index in [4.69, 9.17) is 5.21 Å². The summed E-state index contributed by atoms with van der Waals surface area (Å²) in [6, 6.07) is 1.67. The Hall–Kier alpha value is -1.52. The molecule has 12 heavy (non-hydrogen) atoms. The Kier molecular flexibility index (Phi) is 2.68. The highest BCUT2D eigenvalue weighted by Crippen LogP contribution is 1.97. The van der Waals surface area contributed by atoms with Crippen LogP contribution in [0.5, 0.6) is 0 Å². The van der Waals surface area contributed by atoms with Gasteiger partial charge in [-0.1, -0.05) is 0 Å². The summed E-state index contributed by atoms with van der Waals surface area (Å²) in [6.45, 7) is 0. The lowest BCUT2D eigenvalue weighted by atomic mass is 10.2. The van der Waals surface area contributed by atoms with Crippen molar-refractivity contribution < 1.29 is 10.0 Å². The standard InChI is InChI=1S/C7H11N3O2/c1-8-7(11)3-2-6-4-5-10(12)9-6/h4-5,12H,2-3H2,1H3,(H,8,11). The van der Waals surface area contributed by atoms with Crippen molar-refractivity contribution in [2.24, 2.45) is 0 Å². The average Bonchev–Trinajstić information content (AvgIpc) is 2.47. The lowest BCUT2D eigenvalue weighted by Gasteiger charge is -1.95. The van der Waals surface area contributed by atoms with Crippen molar-refractivity contribution in [3.63, 3.8) is 0 Å². The molecule has 5 nitrogen and oxygen atoms in total. The molecule has 1 heterocycles. The predicted octanol–water partition coefficient (Wildman–Crippen LogP) is -0.201. The first-order valence-corrected chi connectivity index (χ1v) is 3.67. The van der Waals surface area contributed by atoms with Crippen molar-refractivity contribution in [2.75, 3.05) is 7.05 Å². The average molecular weight is 169 g/mol. The zero-order valence-corrected chi connectivity index (χ0v) is 6.82. The van der Waals surface area contributed by atoms with E-state index in [0.717, 1.165) is 4.85 Å². The van der Waals surface area contributed by atoms with Gasteiger partial charge in [0.25, 0.3) is 0 Å². The Morgan fingerprint density at radius 1 is 1.83 bits per heavy atom. The van der Waals surface area contributed by atoms with E-state index >= 15 is 0 Å². The quantitative estimate of drug-likeness (QED) is 0.616. The van der Waals surface area contributed by atoms with Crippen molar-refractivity contribution in [3.05, 3.63) is 18.0 Å². The van der Waals surface area contributed by atoms with Gasteiger partial charge >= 0.3 is 0 Å². The van der Waals surface area contributed by atoms with Crippen LogP contribution in [0.25, 0.3) is 0 Å². The lowest BCUT2D eigenvalue weighted by Crippen LogP contribution is -2.18. The number of hydrogen-bond donors (Lipinski definition) is 2. The normalized spacial score (nSPS) is 9.75. The Bertz CT molecular complexity index is 269. The highest BCUT2D eigenvalue weighted by atomic mass is 16.5. The van der Waals surface area contributed by atoms with Gasteiger partial charge in [0.1, 0.15) is 0 Å². The Morgan fingerprint density at radius 3 is 3.08 bits per heavy atom. The third-order valence-corrected chi connectivity index (χ3v) is 1.52. The highest BCUT2D eigenvalue weighted by Gasteiger charge is 2.01. The summed E-state index contributed by atoms with van der Waals surface area (Å²) in [5.74, 6) is -0.0255. The largest absolute Gasteiger partial charge is 0.412 e. The molecule has 0 aromatic carbocycles. The van der Waals surface area contributed by atoms with Gasteiger partial charge in [-0.25, -0.2) is 0 Å². The van der Waals surface area contributed by atoms with E-state index in [1.165, 1.54) is 6.20 Å². The van der Waals surface area contributed by atoms with Gasteiger partial charge in [0.2, 0.25) is 5.91 Å². The minimum Gasteiger partial charge on any atom is -0.412 e. The van der Waals surface area contributed by atoms with Crippen molar-refractivity contribution in [2.45, 2.75) is 12.8 Å². The Labute approximate surface area is 70.0 Å². The third-order valence-electron chi connectivity index (χ3n) is 1.52. The second-order valence-electron chi connectivity index (χ2n) is 2.40. The van der Waals surface area contributed by atoms with E-state index in [1.807, 2.05) is 0 Å². The van der Waals surface area contributed by atoms with Crippen LogP contribution in [0.15, 0.2) is 12.3 Å². The zero-order chi connectivity index (χ0) is 8.97. The molecule has 5 heteroatoms. The van der Waals surface area contributed by atoms with Crippen molar-refractivity contribution in [3.8, 4) is 0 Å². The maximum absolute atomic E-state index is 10.8. The molecule has 0 spiro atoms. The SMILES string of the molecule is CNC(=O)CCc1ccn(O)n1. The van der Waals surface area contributed by atoms with E-state index in [2.05, 4.69) is 10.4 Å². The molecule has 0 aliphatic carbocycles. The van der Waals surface area contributed by atoms with Crippen molar-refractivity contribution in [1.82, 2.24) is 15.3 Å². The molecular weight excluding hydrogens is 158 g/mol. The third kappa shape index (κ3) is 2.26. The smallest absolute Gasteiger partial charge is 0.220 e. The molecule has 66 valence electrons. The number of carbonyl (C=O) groups is 1. The van der Waals surface area contributed by atoms with Crippen molar-refractivity contribution in [1.29, 1.82) is 0 Å². The van der Waals surface area contributed by atoms with Crippen LogP contribution in [0.3, 0.4) is 0 Å².